The van der Waals surface area contributed by atoms with Crippen LogP contribution < -0.4 is 0 Å². The topological polar surface area (TPSA) is 78.9 Å². The molecule has 0 aliphatic carbocycles. The van der Waals surface area contributed by atoms with Crippen LogP contribution in [0.4, 0.5) is 0 Å². The highest BCUT2D eigenvalue weighted by Crippen LogP contribution is 2.26. The fourth-order valence-corrected chi connectivity index (χ4v) is 2.11. The van der Waals surface area contributed by atoms with Crippen molar-refractivity contribution in [3.63, 3.8) is 0 Å². The predicted molar refractivity (Wildman–Crippen MR) is 74.2 cm³/mol. The second-order valence-electron chi connectivity index (χ2n) is 5.42. The van der Waals surface area contributed by atoms with Crippen LogP contribution in [0.2, 0.25) is 0 Å². The van der Waals surface area contributed by atoms with Crippen molar-refractivity contribution in [2.45, 2.75) is 51.7 Å². The van der Waals surface area contributed by atoms with Gasteiger partial charge < -0.3 is 14.2 Å². The summed E-state index contributed by atoms with van der Waals surface area (Å²) in [5.74, 6) is -2.03. The van der Waals surface area contributed by atoms with Crippen LogP contribution in [-0.2, 0) is 28.6 Å². The van der Waals surface area contributed by atoms with Crippen molar-refractivity contribution in [3.8, 4) is 0 Å². The van der Waals surface area contributed by atoms with Crippen LogP contribution in [0, 0.1) is 5.92 Å². The summed E-state index contributed by atoms with van der Waals surface area (Å²) in [6.45, 7) is 8.92. The summed E-state index contributed by atoms with van der Waals surface area (Å²) in [6.07, 6.45) is 1.52. The van der Waals surface area contributed by atoms with E-state index in [9.17, 15) is 14.4 Å². The van der Waals surface area contributed by atoms with Crippen molar-refractivity contribution in [1.82, 2.24) is 0 Å². The molecule has 3 atom stereocenters. The first-order chi connectivity index (χ1) is 9.81. The molecule has 1 fully saturated rings. The second-order valence-corrected chi connectivity index (χ2v) is 5.42. The molecule has 21 heavy (non-hydrogen) atoms. The lowest BCUT2D eigenvalue weighted by atomic mass is 9.90. The predicted octanol–water partition coefficient (Wildman–Crippen LogP) is 1.77. The largest absolute Gasteiger partial charge is 0.463 e. The Morgan fingerprint density at radius 2 is 2.24 bits per heavy atom. The molecule has 1 aliphatic rings. The standard InChI is InChI=1S/C15H22O6/c1-5-12(16)21-15(4,6-2)9-10(3)13(17)20-11-7-8-19-14(11)18/h5,10-11H,1,6-9H2,2-4H3/t10?,11?,15-/m1/s1. The summed E-state index contributed by atoms with van der Waals surface area (Å²) in [5.41, 5.74) is -0.778. The summed E-state index contributed by atoms with van der Waals surface area (Å²) >= 11 is 0. The van der Waals surface area contributed by atoms with Gasteiger partial charge >= 0.3 is 17.9 Å². The number of carbonyl (C=O) groups excluding carboxylic acids is 3. The highest BCUT2D eigenvalue weighted by molar-refractivity contribution is 5.82. The summed E-state index contributed by atoms with van der Waals surface area (Å²) in [4.78, 5) is 34.6. The van der Waals surface area contributed by atoms with Crippen LogP contribution in [0.15, 0.2) is 12.7 Å². The molecule has 1 aliphatic heterocycles. The van der Waals surface area contributed by atoms with Crippen molar-refractivity contribution in [2.75, 3.05) is 6.61 Å². The fourth-order valence-electron chi connectivity index (χ4n) is 2.11. The Labute approximate surface area is 124 Å². The molecule has 1 rings (SSSR count). The Morgan fingerprint density at radius 3 is 2.71 bits per heavy atom. The lowest BCUT2D eigenvalue weighted by Gasteiger charge is -2.30. The minimum absolute atomic E-state index is 0.273. The van der Waals surface area contributed by atoms with E-state index in [-0.39, 0.29) is 6.61 Å². The second kappa shape index (κ2) is 7.24. The number of ether oxygens (including phenoxy) is 3. The van der Waals surface area contributed by atoms with E-state index in [1.54, 1.807) is 13.8 Å². The zero-order valence-electron chi connectivity index (χ0n) is 12.7. The fraction of sp³-hybridized carbons (Fsp3) is 0.667. The molecule has 0 bridgehead atoms. The Kier molecular flexibility index (Phi) is 5.93. The molecule has 0 spiro atoms. The maximum atomic E-state index is 12.0. The number of rotatable bonds is 7. The van der Waals surface area contributed by atoms with Gasteiger partial charge in [0.15, 0.2) is 0 Å². The van der Waals surface area contributed by atoms with Crippen LogP contribution in [-0.4, -0.2) is 36.2 Å². The first-order valence-electron chi connectivity index (χ1n) is 7.04. The number of esters is 3. The smallest absolute Gasteiger partial charge is 0.347 e. The van der Waals surface area contributed by atoms with E-state index in [2.05, 4.69) is 6.58 Å². The van der Waals surface area contributed by atoms with Crippen molar-refractivity contribution in [1.29, 1.82) is 0 Å². The molecule has 0 radical (unpaired) electrons. The van der Waals surface area contributed by atoms with Gasteiger partial charge in [0.2, 0.25) is 6.10 Å². The maximum Gasteiger partial charge on any atom is 0.347 e. The molecule has 0 saturated carbocycles. The van der Waals surface area contributed by atoms with Gasteiger partial charge in [-0.15, -0.1) is 0 Å². The third-order valence-electron chi connectivity index (χ3n) is 3.55. The van der Waals surface area contributed by atoms with E-state index in [1.807, 2.05) is 6.92 Å². The highest BCUT2D eigenvalue weighted by Gasteiger charge is 2.35. The summed E-state index contributed by atoms with van der Waals surface area (Å²) in [6, 6.07) is 0. The average Bonchev–Trinajstić information content (AvgIpc) is 2.83. The molecule has 0 amide bonds. The molecule has 0 aromatic heterocycles. The van der Waals surface area contributed by atoms with E-state index in [0.29, 0.717) is 19.3 Å². The molecule has 118 valence electrons. The Morgan fingerprint density at radius 1 is 1.57 bits per heavy atom. The van der Waals surface area contributed by atoms with Crippen LogP contribution in [0.3, 0.4) is 0 Å². The Hall–Kier alpha value is -1.85. The van der Waals surface area contributed by atoms with Crippen LogP contribution in [0.5, 0.6) is 0 Å². The zero-order valence-corrected chi connectivity index (χ0v) is 12.7. The van der Waals surface area contributed by atoms with Crippen LogP contribution >= 0.6 is 0 Å². The van der Waals surface area contributed by atoms with Gasteiger partial charge in [-0.3, -0.25) is 4.79 Å². The molecule has 6 heteroatoms. The zero-order chi connectivity index (χ0) is 16.0. The molecular weight excluding hydrogens is 276 g/mol. The highest BCUT2D eigenvalue weighted by atomic mass is 16.6. The molecule has 6 nitrogen and oxygen atoms in total. The summed E-state index contributed by atoms with van der Waals surface area (Å²) < 4.78 is 15.2. The quantitative estimate of drug-likeness (QED) is 0.405. The van der Waals surface area contributed by atoms with Crippen LogP contribution in [0.25, 0.3) is 0 Å². The van der Waals surface area contributed by atoms with Crippen molar-refractivity contribution in [2.24, 2.45) is 5.92 Å². The van der Waals surface area contributed by atoms with Gasteiger partial charge in [-0.05, 0) is 19.8 Å². The minimum atomic E-state index is -0.816. The van der Waals surface area contributed by atoms with Gasteiger partial charge in [-0.1, -0.05) is 20.4 Å². The van der Waals surface area contributed by atoms with Gasteiger partial charge in [-0.25, -0.2) is 9.59 Å². The minimum Gasteiger partial charge on any atom is -0.463 e. The van der Waals surface area contributed by atoms with Gasteiger partial charge in [0.05, 0.1) is 12.5 Å². The van der Waals surface area contributed by atoms with E-state index in [4.69, 9.17) is 14.2 Å². The Balaban J connectivity index is 2.58. The third kappa shape index (κ3) is 4.88. The van der Waals surface area contributed by atoms with Gasteiger partial charge in [0.25, 0.3) is 0 Å². The number of cyclic esters (lactones) is 1. The van der Waals surface area contributed by atoms with E-state index in [1.165, 1.54) is 0 Å². The Bertz CT molecular complexity index is 430. The van der Waals surface area contributed by atoms with Gasteiger partial charge in [-0.2, -0.15) is 0 Å². The molecular formula is C15H22O6. The average molecular weight is 298 g/mol. The van der Waals surface area contributed by atoms with E-state index >= 15 is 0 Å². The van der Waals surface area contributed by atoms with Gasteiger partial charge in [0, 0.05) is 12.5 Å². The summed E-state index contributed by atoms with van der Waals surface area (Å²) in [5, 5.41) is 0. The molecule has 0 aromatic carbocycles. The van der Waals surface area contributed by atoms with E-state index < -0.39 is 35.5 Å². The molecule has 1 saturated heterocycles. The number of hydrogen-bond donors (Lipinski definition) is 0. The van der Waals surface area contributed by atoms with Crippen LogP contribution in [0.1, 0.15) is 40.0 Å². The molecule has 1 heterocycles. The number of carbonyl (C=O) groups is 3. The molecule has 0 aromatic rings. The van der Waals surface area contributed by atoms with Crippen molar-refractivity contribution >= 4 is 17.9 Å². The molecule has 0 N–H and O–H groups in total. The maximum absolute atomic E-state index is 12.0. The molecule has 2 unspecified atom stereocenters. The number of hydrogen-bond acceptors (Lipinski definition) is 6. The van der Waals surface area contributed by atoms with Crippen molar-refractivity contribution in [3.05, 3.63) is 12.7 Å². The monoisotopic (exact) mass is 298 g/mol. The lowest BCUT2D eigenvalue weighted by molar-refractivity contribution is -0.167. The first-order valence-corrected chi connectivity index (χ1v) is 7.04. The normalized spacial score (nSPS) is 21.9. The van der Waals surface area contributed by atoms with Crippen molar-refractivity contribution < 1.29 is 28.6 Å². The summed E-state index contributed by atoms with van der Waals surface area (Å²) in [7, 11) is 0. The third-order valence-corrected chi connectivity index (χ3v) is 3.55. The van der Waals surface area contributed by atoms with E-state index in [0.717, 1.165) is 6.08 Å². The SMILES string of the molecule is C=CC(=O)O[C@](C)(CC)CC(C)C(=O)OC1CCOC1=O. The lowest BCUT2D eigenvalue weighted by Crippen LogP contribution is -2.36. The first kappa shape index (κ1) is 17.2. The van der Waals surface area contributed by atoms with Gasteiger partial charge in [0.1, 0.15) is 5.60 Å².